The van der Waals surface area contributed by atoms with Crippen molar-refractivity contribution in [1.29, 1.82) is 0 Å². The van der Waals surface area contributed by atoms with Gasteiger partial charge in [-0.3, -0.25) is 9.46 Å². The van der Waals surface area contributed by atoms with E-state index in [0.29, 0.717) is 12.1 Å². The van der Waals surface area contributed by atoms with Gasteiger partial charge in [-0.1, -0.05) is 0 Å². The fourth-order valence-electron chi connectivity index (χ4n) is 1.27. The van der Waals surface area contributed by atoms with Crippen LogP contribution >= 0.6 is 8.46 Å². The maximum absolute atomic E-state index is 10.2. The van der Waals surface area contributed by atoms with Crippen molar-refractivity contribution in [3.05, 3.63) is 0 Å². The molecule has 0 saturated heterocycles. The maximum atomic E-state index is 10.2. The van der Waals surface area contributed by atoms with Gasteiger partial charge >= 0.3 is 0 Å². The van der Waals surface area contributed by atoms with Crippen LogP contribution in [0.5, 0.6) is 0 Å². The quantitative estimate of drug-likeness (QED) is 0.598. The molecule has 0 rings (SSSR count). The SMILES string of the molecule is CC(C)N(CCP=O)C(C)C. The molecular formula is C8H18NOP. The average Bonchev–Trinajstić information content (AvgIpc) is 1.87. The second-order valence-corrected chi connectivity index (χ2v) is 3.98. The van der Waals surface area contributed by atoms with Crippen LogP contribution in [0.15, 0.2) is 0 Å². The van der Waals surface area contributed by atoms with Gasteiger partial charge in [-0.2, -0.15) is 0 Å². The Morgan fingerprint density at radius 3 is 1.91 bits per heavy atom. The highest BCUT2D eigenvalue weighted by atomic mass is 31.1. The predicted molar refractivity (Wildman–Crippen MR) is 49.5 cm³/mol. The number of hydrogen-bond acceptors (Lipinski definition) is 2. The first-order chi connectivity index (χ1) is 5.09. The lowest BCUT2D eigenvalue weighted by Gasteiger charge is -2.29. The van der Waals surface area contributed by atoms with Crippen LogP contribution in [0.3, 0.4) is 0 Å². The summed E-state index contributed by atoms with van der Waals surface area (Å²) >= 11 is 0. The number of rotatable bonds is 5. The van der Waals surface area contributed by atoms with Gasteiger partial charge in [0, 0.05) is 24.8 Å². The topological polar surface area (TPSA) is 20.3 Å². The number of hydrogen-bond donors (Lipinski definition) is 0. The van der Waals surface area contributed by atoms with Gasteiger partial charge in [-0.05, 0) is 27.7 Å². The Morgan fingerprint density at radius 2 is 1.64 bits per heavy atom. The summed E-state index contributed by atoms with van der Waals surface area (Å²) in [6.45, 7) is 9.60. The van der Waals surface area contributed by atoms with Crippen molar-refractivity contribution in [2.45, 2.75) is 39.8 Å². The normalized spacial score (nSPS) is 12.3. The van der Waals surface area contributed by atoms with Gasteiger partial charge in [-0.25, -0.2) is 0 Å². The van der Waals surface area contributed by atoms with E-state index in [2.05, 4.69) is 32.6 Å². The Hall–Kier alpha value is 0.0600. The summed E-state index contributed by atoms with van der Waals surface area (Å²) in [5.41, 5.74) is 0. The first-order valence-corrected chi connectivity index (χ1v) is 5.14. The minimum atomic E-state index is 0.259. The number of nitrogens with zero attached hydrogens (tertiary/aromatic N) is 1. The predicted octanol–water partition coefficient (Wildman–Crippen LogP) is 2.40. The smallest absolute Gasteiger partial charge is 0.156 e. The van der Waals surface area contributed by atoms with Crippen molar-refractivity contribution in [2.75, 3.05) is 12.7 Å². The van der Waals surface area contributed by atoms with Crippen molar-refractivity contribution in [3.8, 4) is 0 Å². The van der Waals surface area contributed by atoms with E-state index < -0.39 is 0 Å². The van der Waals surface area contributed by atoms with Crippen LogP contribution in [0.4, 0.5) is 0 Å². The molecule has 0 bridgehead atoms. The highest BCUT2D eigenvalue weighted by molar-refractivity contribution is 7.23. The fraction of sp³-hybridized carbons (Fsp3) is 1.00. The molecule has 0 fully saturated rings. The van der Waals surface area contributed by atoms with Crippen molar-refractivity contribution in [2.24, 2.45) is 0 Å². The third-order valence-corrected chi connectivity index (χ3v) is 2.16. The zero-order valence-electron chi connectivity index (χ0n) is 7.87. The van der Waals surface area contributed by atoms with Crippen LogP contribution in [0.1, 0.15) is 27.7 Å². The molecule has 0 aliphatic carbocycles. The molecule has 0 amide bonds. The Bertz CT molecular complexity index is 107. The third-order valence-electron chi connectivity index (χ3n) is 1.78. The summed E-state index contributed by atoms with van der Waals surface area (Å²) in [6.07, 6.45) is 0.746. The van der Waals surface area contributed by atoms with Crippen molar-refractivity contribution in [1.82, 2.24) is 4.90 Å². The lowest BCUT2D eigenvalue weighted by atomic mass is 10.2. The Balaban J connectivity index is 3.79. The molecule has 3 heteroatoms. The molecule has 0 spiro atoms. The largest absolute Gasteiger partial charge is 0.298 e. The molecule has 2 nitrogen and oxygen atoms in total. The molecular weight excluding hydrogens is 157 g/mol. The van der Waals surface area contributed by atoms with Gasteiger partial charge in [0.25, 0.3) is 0 Å². The van der Waals surface area contributed by atoms with Crippen LogP contribution in [0.2, 0.25) is 0 Å². The van der Waals surface area contributed by atoms with E-state index in [9.17, 15) is 4.57 Å². The monoisotopic (exact) mass is 175 g/mol. The zero-order chi connectivity index (χ0) is 8.85. The Morgan fingerprint density at radius 1 is 1.18 bits per heavy atom. The molecule has 0 saturated carbocycles. The second-order valence-electron chi connectivity index (χ2n) is 3.28. The minimum absolute atomic E-state index is 0.259. The summed E-state index contributed by atoms with van der Waals surface area (Å²) in [7, 11) is 0.259. The Labute approximate surface area is 71.2 Å². The molecule has 0 atom stereocenters. The zero-order valence-corrected chi connectivity index (χ0v) is 8.77. The molecule has 0 heterocycles. The van der Waals surface area contributed by atoms with Gasteiger partial charge in [0.2, 0.25) is 0 Å². The van der Waals surface area contributed by atoms with Gasteiger partial charge in [0.1, 0.15) is 0 Å². The van der Waals surface area contributed by atoms with E-state index in [0.717, 1.165) is 12.7 Å². The van der Waals surface area contributed by atoms with Crippen LogP contribution < -0.4 is 0 Å². The van der Waals surface area contributed by atoms with Gasteiger partial charge in [0.15, 0.2) is 8.46 Å². The molecule has 0 unspecified atom stereocenters. The average molecular weight is 175 g/mol. The fourth-order valence-corrected chi connectivity index (χ4v) is 1.58. The molecule has 0 N–H and O–H groups in total. The standard InChI is InChI=1S/C8H18NOP/c1-7(2)9(8(3)4)5-6-11-10/h7-8H,5-6H2,1-4H3. The molecule has 0 radical (unpaired) electrons. The minimum Gasteiger partial charge on any atom is -0.298 e. The summed E-state index contributed by atoms with van der Waals surface area (Å²) in [6, 6.07) is 1.11. The second kappa shape index (κ2) is 5.68. The summed E-state index contributed by atoms with van der Waals surface area (Å²) < 4.78 is 10.2. The van der Waals surface area contributed by atoms with Gasteiger partial charge in [-0.15, -0.1) is 0 Å². The van der Waals surface area contributed by atoms with E-state index in [-0.39, 0.29) is 8.46 Å². The molecule has 0 aliphatic heterocycles. The van der Waals surface area contributed by atoms with E-state index in [4.69, 9.17) is 0 Å². The van der Waals surface area contributed by atoms with Gasteiger partial charge < -0.3 is 0 Å². The summed E-state index contributed by atoms with van der Waals surface area (Å²) in [5, 5.41) is 0. The molecule has 0 aliphatic rings. The highest BCUT2D eigenvalue weighted by Crippen LogP contribution is 2.05. The van der Waals surface area contributed by atoms with Crippen molar-refractivity contribution in [3.63, 3.8) is 0 Å². The van der Waals surface area contributed by atoms with E-state index in [1.54, 1.807) is 0 Å². The Kier molecular flexibility index (Phi) is 5.71. The summed E-state index contributed by atoms with van der Waals surface area (Å²) in [4.78, 5) is 2.34. The lowest BCUT2D eigenvalue weighted by Crippen LogP contribution is -2.38. The highest BCUT2D eigenvalue weighted by Gasteiger charge is 2.11. The van der Waals surface area contributed by atoms with E-state index >= 15 is 0 Å². The first kappa shape index (κ1) is 11.1. The molecule has 0 aromatic rings. The van der Waals surface area contributed by atoms with Crippen LogP contribution in [0.25, 0.3) is 0 Å². The first-order valence-electron chi connectivity index (χ1n) is 4.14. The van der Waals surface area contributed by atoms with Crippen LogP contribution in [-0.4, -0.2) is 29.7 Å². The third kappa shape index (κ3) is 4.49. The summed E-state index contributed by atoms with van der Waals surface area (Å²) in [5.74, 6) is 0. The molecule has 11 heavy (non-hydrogen) atoms. The van der Waals surface area contributed by atoms with Crippen LogP contribution in [0, 0.1) is 0 Å². The van der Waals surface area contributed by atoms with Gasteiger partial charge in [0.05, 0.1) is 0 Å². The van der Waals surface area contributed by atoms with E-state index in [1.807, 2.05) is 0 Å². The molecule has 66 valence electrons. The molecule has 0 aromatic heterocycles. The van der Waals surface area contributed by atoms with E-state index in [1.165, 1.54) is 0 Å². The maximum Gasteiger partial charge on any atom is 0.156 e. The molecule has 0 aromatic carbocycles. The van der Waals surface area contributed by atoms with Crippen molar-refractivity contribution < 1.29 is 4.57 Å². The van der Waals surface area contributed by atoms with Crippen molar-refractivity contribution >= 4 is 8.46 Å². The van der Waals surface area contributed by atoms with Crippen LogP contribution in [-0.2, 0) is 4.57 Å². The lowest BCUT2D eigenvalue weighted by molar-refractivity contribution is 0.187.